The van der Waals surface area contributed by atoms with Crippen molar-refractivity contribution in [2.24, 2.45) is 0 Å². The van der Waals surface area contributed by atoms with Gasteiger partial charge in [-0.05, 0) is 18.0 Å². The van der Waals surface area contributed by atoms with Crippen LogP contribution in [-0.2, 0) is 8.85 Å². The fourth-order valence-electron chi connectivity index (χ4n) is 2.31. The van der Waals surface area contributed by atoms with Crippen molar-refractivity contribution < 1.29 is 30.8 Å². The summed E-state index contributed by atoms with van der Waals surface area (Å²) >= 11 is 0. The SMILES string of the molecule is CC[Si](CC(C)c1c(F)c(F)c(F)c(F)c1F)(OC)OC. The van der Waals surface area contributed by atoms with Gasteiger partial charge < -0.3 is 8.85 Å². The second kappa shape index (κ2) is 6.84. The van der Waals surface area contributed by atoms with Crippen molar-refractivity contribution in [2.75, 3.05) is 14.2 Å². The molecule has 0 aromatic heterocycles. The maximum Gasteiger partial charge on any atom is 0.337 e. The van der Waals surface area contributed by atoms with Gasteiger partial charge in [-0.15, -0.1) is 0 Å². The first-order valence-electron chi connectivity index (χ1n) is 6.36. The average Bonchev–Trinajstić information content (AvgIpc) is 2.49. The van der Waals surface area contributed by atoms with Crippen LogP contribution >= 0.6 is 0 Å². The molecule has 2 nitrogen and oxygen atoms in total. The molecule has 0 amide bonds. The van der Waals surface area contributed by atoms with Gasteiger partial charge in [0, 0.05) is 19.8 Å². The van der Waals surface area contributed by atoms with Gasteiger partial charge in [-0.2, -0.15) is 0 Å². The number of rotatable bonds is 6. The van der Waals surface area contributed by atoms with Gasteiger partial charge in [0.25, 0.3) is 0 Å². The maximum atomic E-state index is 13.8. The van der Waals surface area contributed by atoms with Crippen molar-refractivity contribution in [2.45, 2.75) is 31.9 Å². The van der Waals surface area contributed by atoms with E-state index in [1.807, 2.05) is 0 Å². The van der Waals surface area contributed by atoms with Gasteiger partial charge in [0.2, 0.25) is 5.82 Å². The number of benzene rings is 1. The monoisotopic (exact) mass is 328 g/mol. The summed E-state index contributed by atoms with van der Waals surface area (Å²) in [5, 5.41) is 0. The van der Waals surface area contributed by atoms with Gasteiger partial charge in [0.1, 0.15) is 0 Å². The van der Waals surface area contributed by atoms with Gasteiger partial charge in [-0.25, -0.2) is 22.0 Å². The standard InChI is InChI=1S/C13H17F5O2Si/c1-5-21(19-3,20-4)6-7(2)8-9(14)11(16)13(18)12(17)10(8)15/h7H,5-6H2,1-4H3. The highest BCUT2D eigenvalue weighted by Crippen LogP contribution is 2.34. The molecule has 1 aromatic rings. The summed E-state index contributed by atoms with van der Waals surface area (Å²) in [7, 11) is 0.0850. The van der Waals surface area contributed by atoms with E-state index in [4.69, 9.17) is 8.85 Å². The molecule has 0 fully saturated rings. The molecule has 21 heavy (non-hydrogen) atoms. The molecule has 0 bridgehead atoms. The molecule has 0 heterocycles. The highest BCUT2D eigenvalue weighted by Gasteiger charge is 2.38. The fraction of sp³-hybridized carbons (Fsp3) is 0.538. The third-order valence-corrected chi connectivity index (χ3v) is 7.44. The van der Waals surface area contributed by atoms with E-state index in [1.54, 1.807) is 6.92 Å². The molecule has 0 aliphatic rings. The summed E-state index contributed by atoms with van der Waals surface area (Å²) in [4.78, 5) is 0. The zero-order valence-corrected chi connectivity index (χ0v) is 13.2. The Balaban J connectivity index is 3.28. The molecule has 1 aromatic carbocycles. The molecule has 8 heteroatoms. The smallest absolute Gasteiger partial charge is 0.337 e. The summed E-state index contributed by atoms with van der Waals surface area (Å²) < 4.78 is 77.6. The van der Waals surface area contributed by atoms with Crippen LogP contribution in [0.15, 0.2) is 0 Å². The lowest BCUT2D eigenvalue weighted by Crippen LogP contribution is -2.40. The van der Waals surface area contributed by atoms with Crippen molar-refractivity contribution in [3.05, 3.63) is 34.6 Å². The Kier molecular flexibility index (Phi) is 5.89. The van der Waals surface area contributed by atoms with Gasteiger partial charge >= 0.3 is 8.56 Å². The predicted molar refractivity (Wildman–Crippen MR) is 69.7 cm³/mol. The molecule has 1 unspecified atom stereocenters. The molecule has 0 spiro atoms. The van der Waals surface area contributed by atoms with Gasteiger partial charge in [0.05, 0.1) is 0 Å². The van der Waals surface area contributed by atoms with Crippen LogP contribution in [0.25, 0.3) is 0 Å². The van der Waals surface area contributed by atoms with Gasteiger partial charge in [0.15, 0.2) is 23.3 Å². The normalized spacial score (nSPS) is 13.6. The predicted octanol–water partition coefficient (Wildman–Crippen LogP) is 4.24. The van der Waals surface area contributed by atoms with Crippen LogP contribution in [0.5, 0.6) is 0 Å². The summed E-state index contributed by atoms with van der Waals surface area (Å²) in [6.45, 7) is 3.16. The first kappa shape index (κ1) is 18.1. The number of hydrogen-bond acceptors (Lipinski definition) is 2. The van der Waals surface area contributed by atoms with Crippen molar-refractivity contribution >= 4 is 8.56 Å². The van der Waals surface area contributed by atoms with Crippen LogP contribution in [-0.4, -0.2) is 22.8 Å². The highest BCUT2D eigenvalue weighted by molar-refractivity contribution is 6.67. The zero-order chi connectivity index (χ0) is 16.4. The maximum absolute atomic E-state index is 13.8. The van der Waals surface area contributed by atoms with E-state index in [9.17, 15) is 22.0 Å². The Hall–Kier alpha value is -0.993. The molecule has 0 aliphatic heterocycles. The van der Waals surface area contributed by atoms with Crippen molar-refractivity contribution in [1.82, 2.24) is 0 Å². The van der Waals surface area contributed by atoms with Gasteiger partial charge in [-0.3, -0.25) is 0 Å². The highest BCUT2D eigenvalue weighted by atomic mass is 28.4. The largest absolute Gasteiger partial charge is 0.398 e. The molecule has 1 atom stereocenters. The quantitative estimate of drug-likeness (QED) is 0.336. The minimum absolute atomic E-state index is 0.0782. The summed E-state index contributed by atoms with van der Waals surface area (Å²) in [5.74, 6) is -10.6. The number of hydrogen-bond donors (Lipinski definition) is 0. The van der Waals surface area contributed by atoms with Crippen LogP contribution in [0.3, 0.4) is 0 Å². The van der Waals surface area contributed by atoms with Crippen LogP contribution in [0.4, 0.5) is 22.0 Å². The Bertz CT molecular complexity index is 483. The zero-order valence-electron chi connectivity index (χ0n) is 12.2. The van der Waals surface area contributed by atoms with Crippen LogP contribution in [0.2, 0.25) is 12.1 Å². The first-order chi connectivity index (χ1) is 9.74. The lowest BCUT2D eigenvalue weighted by atomic mass is 10.0. The van der Waals surface area contributed by atoms with E-state index in [1.165, 1.54) is 21.1 Å². The minimum Gasteiger partial charge on any atom is -0.398 e. The van der Waals surface area contributed by atoms with Crippen molar-refractivity contribution in [3.8, 4) is 0 Å². The molecule has 0 saturated carbocycles. The summed E-state index contributed by atoms with van der Waals surface area (Å²) in [5.41, 5.74) is -0.828. The molecular formula is C13H17F5O2Si. The average molecular weight is 328 g/mol. The molecule has 0 radical (unpaired) electrons. The van der Waals surface area contributed by atoms with Crippen LogP contribution in [0.1, 0.15) is 25.3 Å². The van der Waals surface area contributed by atoms with Crippen LogP contribution in [0, 0.1) is 29.1 Å². The Morgan fingerprint density at radius 1 is 0.857 bits per heavy atom. The van der Waals surface area contributed by atoms with E-state index in [0.717, 1.165) is 0 Å². The molecule has 0 aliphatic carbocycles. The molecular weight excluding hydrogens is 311 g/mol. The first-order valence-corrected chi connectivity index (χ1v) is 8.59. The molecule has 0 saturated heterocycles. The second-order valence-corrected chi connectivity index (χ2v) is 8.51. The van der Waals surface area contributed by atoms with E-state index in [-0.39, 0.29) is 6.04 Å². The summed E-state index contributed by atoms with van der Waals surface area (Å²) in [6.07, 6.45) is 0. The topological polar surface area (TPSA) is 18.5 Å². The summed E-state index contributed by atoms with van der Waals surface area (Å²) in [6, 6.07) is 0.564. The fourth-order valence-corrected chi connectivity index (χ4v) is 4.81. The lowest BCUT2D eigenvalue weighted by Gasteiger charge is -2.29. The van der Waals surface area contributed by atoms with E-state index in [2.05, 4.69) is 0 Å². The van der Waals surface area contributed by atoms with Crippen LogP contribution < -0.4 is 0 Å². The molecule has 1 rings (SSSR count). The van der Waals surface area contributed by atoms with E-state index >= 15 is 0 Å². The molecule has 0 N–H and O–H groups in total. The third-order valence-electron chi connectivity index (χ3n) is 3.64. The Labute approximate surface area is 121 Å². The second-order valence-electron chi connectivity index (χ2n) is 4.76. The van der Waals surface area contributed by atoms with E-state index < -0.39 is 49.1 Å². The van der Waals surface area contributed by atoms with Gasteiger partial charge in [-0.1, -0.05) is 13.8 Å². The minimum atomic E-state index is -2.73. The Morgan fingerprint density at radius 3 is 1.57 bits per heavy atom. The van der Waals surface area contributed by atoms with Crippen molar-refractivity contribution in [3.63, 3.8) is 0 Å². The van der Waals surface area contributed by atoms with E-state index in [0.29, 0.717) is 6.04 Å². The number of halogens is 5. The van der Waals surface area contributed by atoms with Crippen molar-refractivity contribution in [1.29, 1.82) is 0 Å². The lowest BCUT2D eigenvalue weighted by molar-refractivity contribution is 0.239. The molecule has 120 valence electrons. The Morgan fingerprint density at radius 2 is 1.24 bits per heavy atom. The third kappa shape index (κ3) is 3.27.